The molecule has 2 atom stereocenters. The Kier molecular flexibility index (Phi) is 3.79. The van der Waals surface area contributed by atoms with Gasteiger partial charge in [0, 0.05) is 19.6 Å². The lowest BCUT2D eigenvalue weighted by atomic mass is 10.2. The molecule has 17 heavy (non-hydrogen) atoms. The molecule has 1 aliphatic rings. The fourth-order valence-corrected chi connectivity index (χ4v) is 2.00. The van der Waals surface area contributed by atoms with E-state index in [-0.39, 0.29) is 11.9 Å². The van der Waals surface area contributed by atoms with Crippen LogP contribution in [0.3, 0.4) is 0 Å². The molecule has 0 bridgehead atoms. The summed E-state index contributed by atoms with van der Waals surface area (Å²) in [6.07, 6.45) is 0. The summed E-state index contributed by atoms with van der Waals surface area (Å²) in [4.78, 5) is 14.0. The van der Waals surface area contributed by atoms with E-state index in [0.29, 0.717) is 12.5 Å². The van der Waals surface area contributed by atoms with Crippen LogP contribution in [-0.4, -0.2) is 29.9 Å². The number of hydrogen-bond acceptors (Lipinski definition) is 2. The molecule has 0 aliphatic carbocycles. The van der Waals surface area contributed by atoms with Crippen molar-refractivity contribution in [2.75, 3.05) is 13.1 Å². The summed E-state index contributed by atoms with van der Waals surface area (Å²) in [6.45, 7) is 6.92. The number of nitrogens with one attached hydrogen (secondary N) is 1. The van der Waals surface area contributed by atoms with Gasteiger partial charge in [-0.25, -0.2) is 0 Å². The van der Waals surface area contributed by atoms with Gasteiger partial charge in [0.15, 0.2) is 0 Å². The number of carbonyl (C=O) groups excluding carboxylic acids is 1. The first-order chi connectivity index (χ1) is 8.16. The minimum Gasteiger partial charge on any atom is -0.351 e. The van der Waals surface area contributed by atoms with Crippen LogP contribution in [0.15, 0.2) is 30.3 Å². The molecule has 1 N–H and O–H groups in total. The number of amides is 1. The van der Waals surface area contributed by atoms with Gasteiger partial charge in [0.25, 0.3) is 0 Å². The Balaban J connectivity index is 1.73. The minimum absolute atomic E-state index is 0.112. The molecule has 92 valence electrons. The van der Waals surface area contributed by atoms with Crippen LogP contribution in [-0.2, 0) is 11.3 Å². The van der Waals surface area contributed by atoms with Gasteiger partial charge in [-0.15, -0.1) is 0 Å². The van der Waals surface area contributed by atoms with Crippen molar-refractivity contribution in [2.45, 2.75) is 26.4 Å². The van der Waals surface area contributed by atoms with Crippen molar-refractivity contribution < 1.29 is 4.79 Å². The summed E-state index contributed by atoms with van der Waals surface area (Å²) in [6, 6.07) is 10.1. The van der Waals surface area contributed by atoms with Gasteiger partial charge in [-0.2, -0.15) is 0 Å². The smallest absolute Gasteiger partial charge is 0.238 e. The maximum absolute atomic E-state index is 11.8. The van der Waals surface area contributed by atoms with E-state index in [0.717, 1.165) is 18.7 Å². The predicted molar refractivity (Wildman–Crippen MR) is 68.5 cm³/mol. The van der Waals surface area contributed by atoms with E-state index in [4.69, 9.17) is 0 Å². The first-order valence-corrected chi connectivity index (χ1v) is 6.22. The van der Waals surface area contributed by atoms with Crippen molar-refractivity contribution in [1.82, 2.24) is 10.2 Å². The predicted octanol–water partition coefficient (Wildman–Crippen LogP) is 1.64. The van der Waals surface area contributed by atoms with Crippen LogP contribution in [0, 0.1) is 5.92 Å². The zero-order valence-corrected chi connectivity index (χ0v) is 10.5. The number of nitrogens with zero attached hydrogens (tertiary/aromatic N) is 1. The minimum atomic E-state index is 0.112. The summed E-state index contributed by atoms with van der Waals surface area (Å²) in [5.41, 5.74) is 1.15. The highest BCUT2D eigenvalue weighted by Gasteiger charge is 2.39. The molecule has 1 heterocycles. The number of hydrogen-bond donors (Lipinski definition) is 1. The maximum atomic E-state index is 11.8. The molecule has 2 rings (SSSR count). The third kappa shape index (κ3) is 3.56. The van der Waals surface area contributed by atoms with Crippen LogP contribution in [0.4, 0.5) is 0 Å². The van der Waals surface area contributed by atoms with Crippen LogP contribution in [0.5, 0.6) is 0 Å². The average Bonchev–Trinajstić information content (AvgIpc) is 3.06. The van der Waals surface area contributed by atoms with Crippen LogP contribution in [0.2, 0.25) is 0 Å². The quantitative estimate of drug-likeness (QED) is 0.783. The zero-order chi connectivity index (χ0) is 12.3. The third-order valence-electron chi connectivity index (χ3n) is 2.93. The highest BCUT2D eigenvalue weighted by atomic mass is 16.2. The molecule has 1 aromatic rings. The lowest BCUT2D eigenvalue weighted by Gasteiger charge is -2.07. The summed E-state index contributed by atoms with van der Waals surface area (Å²) in [7, 11) is 0. The Labute approximate surface area is 103 Å². The van der Waals surface area contributed by atoms with Crippen molar-refractivity contribution in [3.63, 3.8) is 0 Å². The van der Waals surface area contributed by atoms with Crippen molar-refractivity contribution in [3.8, 4) is 0 Å². The molecule has 3 nitrogen and oxygen atoms in total. The molecule has 1 fully saturated rings. The molecule has 0 aromatic heterocycles. The Morgan fingerprint density at radius 1 is 1.41 bits per heavy atom. The van der Waals surface area contributed by atoms with Crippen molar-refractivity contribution in [2.24, 2.45) is 5.92 Å². The Morgan fingerprint density at radius 3 is 2.76 bits per heavy atom. The molecule has 3 heteroatoms. The maximum Gasteiger partial charge on any atom is 0.238 e. The van der Waals surface area contributed by atoms with Crippen molar-refractivity contribution in [1.29, 1.82) is 0 Å². The van der Waals surface area contributed by atoms with Gasteiger partial charge in [-0.05, 0) is 11.5 Å². The van der Waals surface area contributed by atoms with E-state index in [1.807, 2.05) is 30.3 Å². The summed E-state index contributed by atoms with van der Waals surface area (Å²) in [5, 5.41) is 2.98. The van der Waals surface area contributed by atoms with Gasteiger partial charge >= 0.3 is 0 Å². The van der Waals surface area contributed by atoms with Gasteiger partial charge in [-0.3, -0.25) is 9.69 Å². The van der Waals surface area contributed by atoms with E-state index < -0.39 is 0 Å². The Morgan fingerprint density at radius 2 is 2.12 bits per heavy atom. The van der Waals surface area contributed by atoms with E-state index in [1.54, 1.807) is 0 Å². The van der Waals surface area contributed by atoms with Crippen LogP contribution in [0.25, 0.3) is 0 Å². The second-order valence-electron chi connectivity index (χ2n) is 5.07. The molecular weight excluding hydrogens is 212 g/mol. The van der Waals surface area contributed by atoms with Crippen LogP contribution < -0.4 is 5.32 Å². The van der Waals surface area contributed by atoms with E-state index in [2.05, 4.69) is 24.1 Å². The van der Waals surface area contributed by atoms with Crippen molar-refractivity contribution >= 4 is 5.91 Å². The average molecular weight is 232 g/mol. The standard InChI is InChI=1S/C14H20N2O/c1-11(2)9-16-10-13(16)14(17)15-8-12-6-4-3-5-7-12/h3-7,11,13H,8-10H2,1-2H3,(H,15,17). The second-order valence-corrected chi connectivity index (χ2v) is 5.07. The molecule has 1 aromatic carbocycles. The monoisotopic (exact) mass is 232 g/mol. The highest BCUT2D eigenvalue weighted by molar-refractivity contribution is 5.84. The molecular formula is C14H20N2O. The fourth-order valence-electron chi connectivity index (χ4n) is 2.00. The number of rotatable bonds is 5. The van der Waals surface area contributed by atoms with Gasteiger partial charge in [0.2, 0.25) is 5.91 Å². The molecule has 0 spiro atoms. The first kappa shape index (κ1) is 12.1. The topological polar surface area (TPSA) is 32.1 Å². The fraction of sp³-hybridized carbons (Fsp3) is 0.500. The molecule has 0 saturated carbocycles. The van der Waals surface area contributed by atoms with E-state index >= 15 is 0 Å². The lowest BCUT2D eigenvalue weighted by Crippen LogP contribution is -2.30. The first-order valence-electron chi connectivity index (χ1n) is 6.22. The SMILES string of the molecule is CC(C)CN1CC1C(=O)NCc1ccccc1. The second kappa shape index (κ2) is 5.32. The van der Waals surface area contributed by atoms with Crippen LogP contribution in [0.1, 0.15) is 19.4 Å². The van der Waals surface area contributed by atoms with Crippen molar-refractivity contribution in [3.05, 3.63) is 35.9 Å². The number of benzene rings is 1. The van der Waals surface area contributed by atoms with Gasteiger partial charge in [0.1, 0.15) is 6.04 Å². The van der Waals surface area contributed by atoms with Gasteiger partial charge in [0.05, 0.1) is 0 Å². The molecule has 1 aliphatic heterocycles. The highest BCUT2D eigenvalue weighted by Crippen LogP contribution is 2.19. The third-order valence-corrected chi connectivity index (χ3v) is 2.93. The Hall–Kier alpha value is -1.35. The van der Waals surface area contributed by atoms with Gasteiger partial charge < -0.3 is 5.32 Å². The molecule has 0 radical (unpaired) electrons. The lowest BCUT2D eigenvalue weighted by molar-refractivity contribution is -0.121. The summed E-state index contributed by atoms with van der Waals surface area (Å²) in [5.74, 6) is 0.788. The Bertz CT molecular complexity index is 375. The normalized spacial score (nSPS) is 22.5. The number of carbonyl (C=O) groups is 1. The summed E-state index contributed by atoms with van der Waals surface area (Å²) < 4.78 is 0. The summed E-state index contributed by atoms with van der Waals surface area (Å²) >= 11 is 0. The molecule has 1 saturated heterocycles. The zero-order valence-electron chi connectivity index (χ0n) is 10.5. The largest absolute Gasteiger partial charge is 0.351 e. The van der Waals surface area contributed by atoms with E-state index in [9.17, 15) is 4.79 Å². The van der Waals surface area contributed by atoms with Gasteiger partial charge in [-0.1, -0.05) is 44.2 Å². The molecule has 1 amide bonds. The van der Waals surface area contributed by atoms with E-state index in [1.165, 1.54) is 0 Å². The van der Waals surface area contributed by atoms with Crippen LogP contribution >= 0.6 is 0 Å². The molecule has 2 unspecified atom stereocenters.